The van der Waals surface area contributed by atoms with Gasteiger partial charge in [-0.2, -0.15) is 0 Å². The first-order valence-corrected chi connectivity index (χ1v) is 8.07. The Labute approximate surface area is 139 Å². The fourth-order valence-corrected chi connectivity index (χ4v) is 3.09. The molecule has 0 aromatic heterocycles. The summed E-state index contributed by atoms with van der Waals surface area (Å²) in [4.78, 5) is 25.4. The summed E-state index contributed by atoms with van der Waals surface area (Å²) in [5.41, 5.74) is 2.98. The second-order valence-electron chi connectivity index (χ2n) is 5.26. The fourth-order valence-electron chi connectivity index (χ4n) is 2.17. The molecule has 2 N–H and O–H groups in total. The number of para-hydroxylation sites is 1. The molecule has 5 heteroatoms. The number of hydrogen-bond donors (Lipinski definition) is 2. The van der Waals surface area contributed by atoms with Crippen molar-refractivity contribution in [1.29, 1.82) is 0 Å². The number of carbonyl (C=O) groups is 2. The molecule has 0 unspecified atom stereocenters. The van der Waals surface area contributed by atoms with Crippen molar-refractivity contribution in [2.75, 3.05) is 5.32 Å². The molecule has 23 heavy (non-hydrogen) atoms. The Hall–Kier alpha value is -2.53. The molecule has 0 aliphatic carbocycles. The average Bonchev–Trinajstić information content (AvgIpc) is 2.55. The van der Waals surface area contributed by atoms with Crippen LogP contribution in [-0.4, -0.2) is 11.8 Å². The minimum absolute atomic E-state index is 0.251. The number of anilines is 1. The van der Waals surface area contributed by atoms with Gasteiger partial charge in [-0.1, -0.05) is 53.7 Å². The first-order chi connectivity index (χ1) is 11.1. The van der Waals surface area contributed by atoms with Crippen molar-refractivity contribution in [3.8, 4) is 0 Å². The zero-order chi connectivity index (χ0) is 16.2. The smallest absolute Gasteiger partial charge is 0.262 e. The van der Waals surface area contributed by atoms with Crippen LogP contribution in [0, 0.1) is 6.92 Å². The van der Waals surface area contributed by atoms with Gasteiger partial charge in [0.1, 0.15) is 0 Å². The minimum Gasteiger partial charge on any atom is -0.348 e. The van der Waals surface area contributed by atoms with Gasteiger partial charge in [0.05, 0.1) is 10.6 Å². The lowest BCUT2D eigenvalue weighted by Gasteiger charge is -2.18. The number of aryl methyl sites for hydroxylation is 1. The lowest BCUT2D eigenvalue weighted by atomic mass is 10.1. The van der Waals surface area contributed by atoms with Crippen molar-refractivity contribution in [1.82, 2.24) is 5.32 Å². The van der Waals surface area contributed by atoms with Crippen molar-refractivity contribution in [3.05, 3.63) is 70.6 Å². The zero-order valence-electron chi connectivity index (χ0n) is 12.6. The van der Waals surface area contributed by atoms with E-state index >= 15 is 0 Å². The van der Waals surface area contributed by atoms with E-state index in [1.165, 1.54) is 23.4 Å². The Morgan fingerprint density at radius 1 is 1.17 bits per heavy atom. The van der Waals surface area contributed by atoms with Gasteiger partial charge in [0, 0.05) is 17.5 Å². The van der Waals surface area contributed by atoms with Crippen LogP contribution >= 0.6 is 11.8 Å². The van der Waals surface area contributed by atoms with Crippen molar-refractivity contribution in [2.24, 2.45) is 0 Å². The highest BCUT2D eigenvalue weighted by atomic mass is 32.2. The molecule has 2 aromatic carbocycles. The van der Waals surface area contributed by atoms with E-state index in [2.05, 4.69) is 10.6 Å². The van der Waals surface area contributed by atoms with Crippen LogP contribution in [0.3, 0.4) is 0 Å². The van der Waals surface area contributed by atoms with Crippen LogP contribution in [0.1, 0.15) is 11.1 Å². The van der Waals surface area contributed by atoms with E-state index < -0.39 is 0 Å². The highest BCUT2D eigenvalue weighted by molar-refractivity contribution is 8.04. The van der Waals surface area contributed by atoms with Crippen LogP contribution in [0.25, 0.3) is 0 Å². The third kappa shape index (κ3) is 3.81. The molecular weight excluding hydrogens is 308 g/mol. The van der Waals surface area contributed by atoms with Crippen molar-refractivity contribution < 1.29 is 9.59 Å². The van der Waals surface area contributed by atoms with Crippen LogP contribution in [0.4, 0.5) is 5.69 Å². The highest BCUT2D eigenvalue weighted by Gasteiger charge is 2.21. The number of amides is 2. The third-order valence-corrected chi connectivity index (χ3v) is 4.53. The summed E-state index contributed by atoms with van der Waals surface area (Å²) in [5, 5.41) is 5.59. The Morgan fingerprint density at radius 3 is 2.70 bits per heavy atom. The number of hydrogen-bond acceptors (Lipinski definition) is 3. The molecule has 4 nitrogen and oxygen atoms in total. The Balaban J connectivity index is 1.65. The summed E-state index contributed by atoms with van der Waals surface area (Å²) in [6.45, 7) is 2.45. The van der Waals surface area contributed by atoms with E-state index in [1.54, 1.807) is 0 Å². The van der Waals surface area contributed by atoms with Gasteiger partial charge in [0.2, 0.25) is 5.91 Å². The summed E-state index contributed by atoms with van der Waals surface area (Å²) in [6.07, 6.45) is 1.35. The third-order valence-electron chi connectivity index (χ3n) is 3.43. The van der Waals surface area contributed by atoms with Gasteiger partial charge in [-0.25, -0.2) is 0 Å². The van der Waals surface area contributed by atoms with Gasteiger partial charge in [-0.15, -0.1) is 0 Å². The summed E-state index contributed by atoms with van der Waals surface area (Å²) in [6, 6.07) is 15.5. The number of carbonyl (C=O) groups excluding carboxylic acids is 2. The lowest BCUT2D eigenvalue weighted by molar-refractivity contribution is -0.117. The Kier molecular flexibility index (Phi) is 4.48. The van der Waals surface area contributed by atoms with Crippen LogP contribution in [0.5, 0.6) is 0 Å². The Bertz CT molecular complexity index is 782. The van der Waals surface area contributed by atoms with Gasteiger partial charge in [-0.05, 0) is 24.6 Å². The molecule has 2 amide bonds. The normalized spacial score (nSPS) is 15.0. The lowest BCUT2D eigenvalue weighted by Crippen LogP contribution is -2.23. The average molecular weight is 324 g/mol. The van der Waals surface area contributed by atoms with Gasteiger partial charge in [0.25, 0.3) is 5.91 Å². The summed E-state index contributed by atoms with van der Waals surface area (Å²) in [7, 11) is 0. The van der Waals surface area contributed by atoms with E-state index in [0.717, 1.165) is 16.1 Å². The highest BCUT2D eigenvalue weighted by Crippen LogP contribution is 2.37. The van der Waals surface area contributed by atoms with Gasteiger partial charge >= 0.3 is 0 Å². The van der Waals surface area contributed by atoms with Crippen molar-refractivity contribution in [2.45, 2.75) is 18.4 Å². The molecule has 3 rings (SSSR count). The predicted molar refractivity (Wildman–Crippen MR) is 92.0 cm³/mol. The molecule has 116 valence electrons. The van der Waals surface area contributed by atoms with E-state index in [9.17, 15) is 9.59 Å². The minimum atomic E-state index is -0.275. The molecule has 1 aliphatic rings. The maximum absolute atomic E-state index is 12.0. The van der Waals surface area contributed by atoms with E-state index in [4.69, 9.17) is 0 Å². The molecule has 1 heterocycles. The summed E-state index contributed by atoms with van der Waals surface area (Å²) in [5.74, 6) is -0.526. The predicted octanol–water partition coefficient (Wildman–Crippen LogP) is 3.24. The molecule has 0 saturated heterocycles. The first-order valence-electron chi connectivity index (χ1n) is 7.25. The van der Waals surface area contributed by atoms with E-state index in [0.29, 0.717) is 11.4 Å². The summed E-state index contributed by atoms with van der Waals surface area (Å²) >= 11 is 1.31. The maximum Gasteiger partial charge on any atom is 0.262 e. The van der Waals surface area contributed by atoms with Crippen LogP contribution in [-0.2, 0) is 16.1 Å². The molecule has 2 aromatic rings. The van der Waals surface area contributed by atoms with Crippen molar-refractivity contribution >= 4 is 29.3 Å². The molecular formula is C18H16N2O2S. The number of thioether (sulfide) groups is 1. The maximum atomic E-state index is 12.0. The molecule has 0 spiro atoms. The van der Waals surface area contributed by atoms with E-state index in [1.807, 2.05) is 55.5 Å². The van der Waals surface area contributed by atoms with Gasteiger partial charge < -0.3 is 10.6 Å². The molecule has 0 bridgehead atoms. The largest absolute Gasteiger partial charge is 0.348 e. The zero-order valence-corrected chi connectivity index (χ0v) is 13.4. The van der Waals surface area contributed by atoms with E-state index in [-0.39, 0.29) is 11.8 Å². The number of benzene rings is 2. The van der Waals surface area contributed by atoms with Crippen molar-refractivity contribution in [3.63, 3.8) is 0 Å². The SMILES string of the molecule is Cc1ccc(CNC(=O)/C=C2\Sc3ccccc3NC2=O)cc1. The van der Waals surface area contributed by atoms with Gasteiger partial charge in [-0.3, -0.25) is 9.59 Å². The standard InChI is InChI=1S/C18H16N2O2S/c1-12-6-8-13(9-7-12)11-19-17(21)10-16-18(22)20-14-4-2-3-5-15(14)23-16/h2-10H,11H2,1H3,(H,19,21)(H,20,22)/b16-10-. The Morgan fingerprint density at radius 2 is 1.91 bits per heavy atom. The number of nitrogens with one attached hydrogen (secondary N) is 2. The topological polar surface area (TPSA) is 58.2 Å². The van der Waals surface area contributed by atoms with Crippen LogP contribution < -0.4 is 10.6 Å². The molecule has 0 radical (unpaired) electrons. The second kappa shape index (κ2) is 6.71. The first kappa shape index (κ1) is 15.4. The number of rotatable bonds is 3. The fraction of sp³-hybridized carbons (Fsp3) is 0.111. The second-order valence-corrected chi connectivity index (χ2v) is 6.35. The molecule has 0 fully saturated rings. The van der Waals surface area contributed by atoms with Crippen LogP contribution in [0.2, 0.25) is 0 Å². The number of fused-ring (bicyclic) bond motifs is 1. The molecule has 0 atom stereocenters. The van der Waals surface area contributed by atoms with Crippen LogP contribution in [0.15, 0.2) is 64.4 Å². The summed E-state index contributed by atoms with van der Waals surface area (Å²) < 4.78 is 0. The van der Waals surface area contributed by atoms with Gasteiger partial charge in [0.15, 0.2) is 0 Å². The monoisotopic (exact) mass is 324 g/mol. The quantitative estimate of drug-likeness (QED) is 0.852. The molecule has 1 aliphatic heterocycles. The molecule has 0 saturated carbocycles.